The third kappa shape index (κ3) is 1.57. The number of anilines is 1. The molecule has 1 spiro atoms. The third-order valence-corrected chi connectivity index (χ3v) is 5.39. The Morgan fingerprint density at radius 1 is 1.07 bits per heavy atom. The number of nitrogens with two attached hydrogens (primary N) is 1. The summed E-state index contributed by atoms with van der Waals surface area (Å²) in [7, 11) is 0. The number of aromatic nitrogens is 2. The Morgan fingerprint density at radius 2 is 1.75 bits per heavy atom. The van der Waals surface area contributed by atoms with Crippen molar-refractivity contribution in [3.05, 3.63) is 79.9 Å². The van der Waals surface area contributed by atoms with Gasteiger partial charge in [-0.1, -0.05) is 29.8 Å². The van der Waals surface area contributed by atoms with E-state index in [4.69, 9.17) is 5.73 Å². The van der Waals surface area contributed by atoms with E-state index < -0.39 is 22.6 Å². The lowest BCUT2D eigenvalue weighted by Gasteiger charge is -2.25. The first-order valence-electron chi connectivity index (χ1n) is 8.53. The van der Waals surface area contributed by atoms with E-state index in [9.17, 15) is 19.6 Å². The van der Waals surface area contributed by atoms with Gasteiger partial charge in [-0.25, -0.2) is 4.68 Å². The molecular weight excluding hydrogens is 358 g/mol. The van der Waals surface area contributed by atoms with Gasteiger partial charge in [-0.05, 0) is 25.1 Å². The molecule has 28 heavy (non-hydrogen) atoms. The fourth-order valence-electron chi connectivity index (χ4n) is 4.18. The van der Waals surface area contributed by atoms with Crippen LogP contribution < -0.4 is 22.2 Å². The van der Waals surface area contributed by atoms with Crippen molar-refractivity contribution in [2.45, 2.75) is 12.5 Å². The quantitative estimate of drug-likeness (QED) is 0.606. The number of aryl methyl sites for hydroxylation is 1. The lowest BCUT2D eigenvalue weighted by Crippen LogP contribution is -2.50. The Hall–Kier alpha value is -4.12. The highest BCUT2D eigenvalue weighted by Gasteiger charge is 2.58. The number of carbonyl (C=O) groups is 1. The molecule has 0 aliphatic carbocycles. The first kappa shape index (κ1) is 16.1. The molecule has 136 valence electrons. The molecule has 0 saturated carbocycles. The molecule has 8 nitrogen and oxygen atoms in total. The molecule has 2 aliphatic heterocycles. The van der Waals surface area contributed by atoms with Crippen molar-refractivity contribution >= 4 is 28.2 Å². The van der Waals surface area contributed by atoms with E-state index in [2.05, 4.69) is 5.32 Å². The monoisotopic (exact) mass is 371 g/mol. The third-order valence-electron chi connectivity index (χ3n) is 5.39. The van der Waals surface area contributed by atoms with Crippen molar-refractivity contribution in [2.75, 3.05) is 5.32 Å². The van der Waals surface area contributed by atoms with Crippen LogP contribution in [0.1, 0.15) is 11.1 Å². The van der Waals surface area contributed by atoms with Crippen molar-refractivity contribution in [3.63, 3.8) is 0 Å². The summed E-state index contributed by atoms with van der Waals surface area (Å²) in [5, 5.41) is 12.9. The fourth-order valence-corrected chi connectivity index (χ4v) is 4.18. The molecule has 0 radical (unpaired) electrons. The van der Waals surface area contributed by atoms with E-state index in [-0.39, 0.29) is 22.2 Å². The lowest BCUT2D eigenvalue weighted by molar-refractivity contribution is -0.120. The summed E-state index contributed by atoms with van der Waals surface area (Å²) in [4.78, 5) is 39.7. The molecule has 0 bridgehead atoms. The number of carbonyl (C=O) groups excluding carboxylic acids is 1. The van der Waals surface area contributed by atoms with Crippen molar-refractivity contribution in [2.24, 2.45) is 5.73 Å². The second kappa shape index (κ2) is 4.98. The van der Waals surface area contributed by atoms with Gasteiger partial charge >= 0.3 is 0 Å². The number of nitrogens with zero attached hydrogens (tertiary/aromatic N) is 3. The van der Waals surface area contributed by atoms with Crippen LogP contribution in [0, 0.1) is 18.3 Å². The van der Waals surface area contributed by atoms with E-state index in [0.717, 1.165) is 14.9 Å². The number of fused-ring (bicyclic) bond motifs is 5. The number of amides is 1. The molecule has 2 aromatic carbocycles. The molecule has 1 atom stereocenters. The van der Waals surface area contributed by atoms with Crippen LogP contribution in [0.3, 0.4) is 0 Å². The minimum atomic E-state index is -1.82. The van der Waals surface area contributed by atoms with E-state index in [1.165, 1.54) is 12.1 Å². The van der Waals surface area contributed by atoms with Gasteiger partial charge in [-0.15, -0.1) is 0 Å². The average Bonchev–Trinajstić information content (AvgIpc) is 3.12. The van der Waals surface area contributed by atoms with Gasteiger partial charge in [0.25, 0.3) is 17.0 Å². The molecule has 0 saturated heterocycles. The number of benzene rings is 2. The van der Waals surface area contributed by atoms with E-state index in [1.54, 1.807) is 24.3 Å². The number of hydrogen-bond acceptors (Lipinski definition) is 5. The predicted octanol–water partition coefficient (Wildman–Crippen LogP) is 0.832. The van der Waals surface area contributed by atoms with Crippen LogP contribution in [0.5, 0.6) is 0 Å². The first-order chi connectivity index (χ1) is 13.4. The Bertz CT molecular complexity index is 1440. The van der Waals surface area contributed by atoms with Crippen LogP contribution in [-0.4, -0.2) is 15.3 Å². The maximum atomic E-state index is 13.4. The molecule has 0 fully saturated rings. The number of nitriles is 1. The summed E-state index contributed by atoms with van der Waals surface area (Å²) in [5.74, 6) is -0.824. The Balaban J connectivity index is 2.08. The van der Waals surface area contributed by atoms with E-state index in [0.29, 0.717) is 11.3 Å². The minimum Gasteiger partial charge on any atom is -0.383 e. The second-order valence-corrected chi connectivity index (χ2v) is 6.87. The van der Waals surface area contributed by atoms with Crippen LogP contribution in [0.25, 0.3) is 16.6 Å². The van der Waals surface area contributed by atoms with Gasteiger partial charge in [0.2, 0.25) is 5.54 Å². The van der Waals surface area contributed by atoms with Crippen molar-refractivity contribution in [3.8, 4) is 6.07 Å². The van der Waals surface area contributed by atoms with E-state index >= 15 is 0 Å². The molecule has 5 rings (SSSR count). The zero-order valence-corrected chi connectivity index (χ0v) is 14.7. The molecule has 3 heterocycles. The molecule has 1 aromatic heterocycles. The smallest absolute Gasteiger partial charge is 0.279 e. The SMILES string of the molecule is Cc1ccc2c(c1)C1(C(=O)N2)C(C#N)=C(N)n2c(=O)c3ccccc3c(=O)n21. The second-order valence-electron chi connectivity index (χ2n) is 6.87. The zero-order valence-electron chi connectivity index (χ0n) is 14.7. The molecule has 2 aliphatic rings. The van der Waals surface area contributed by atoms with Crippen LogP contribution in [-0.2, 0) is 10.3 Å². The normalized spacial score (nSPS) is 19.6. The maximum Gasteiger partial charge on any atom is 0.279 e. The lowest BCUT2D eigenvalue weighted by atomic mass is 9.84. The van der Waals surface area contributed by atoms with Crippen LogP contribution in [0.15, 0.2) is 57.6 Å². The summed E-state index contributed by atoms with van der Waals surface area (Å²) < 4.78 is 1.96. The standard InChI is InChI=1S/C20H13N5O3/c1-10-6-7-15-13(8-10)20(19(28)23-15)14(9-21)16(22)24-17(26)11-4-2-3-5-12(11)18(27)25(20)24/h2-8H,22H2,1H3,(H,23,28). The van der Waals surface area contributed by atoms with Crippen LogP contribution in [0.2, 0.25) is 0 Å². The highest BCUT2D eigenvalue weighted by atomic mass is 16.2. The summed E-state index contributed by atoms with van der Waals surface area (Å²) in [5.41, 5.74) is 4.77. The summed E-state index contributed by atoms with van der Waals surface area (Å²) in [6.07, 6.45) is 0. The van der Waals surface area contributed by atoms with Crippen LogP contribution in [0.4, 0.5) is 5.69 Å². The van der Waals surface area contributed by atoms with Gasteiger partial charge in [0, 0.05) is 11.3 Å². The Labute approximate surface area is 157 Å². The Morgan fingerprint density at radius 3 is 2.43 bits per heavy atom. The average molecular weight is 371 g/mol. The molecular formula is C20H13N5O3. The zero-order chi connectivity index (χ0) is 19.8. The highest BCUT2D eigenvalue weighted by Crippen LogP contribution is 2.47. The maximum absolute atomic E-state index is 13.4. The fraction of sp³-hybridized carbons (Fsp3) is 0.100. The van der Waals surface area contributed by atoms with E-state index in [1.807, 2.05) is 19.1 Å². The number of hydrogen-bond donors (Lipinski definition) is 2. The van der Waals surface area contributed by atoms with Gasteiger partial charge in [0.15, 0.2) is 0 Å². The van der Waals surface area contributed by atoms with Crippen LogP contribution >= 0.6 is 0 Å². The van der Waals surface area contributed by atoms with Gasteiger partial charge in [-0.3, -0.25) is 14.4 Å². The predicted molar refractivity (Wildman–Crippen MR) is 102 cm³/mol. The van der Waals surface area contributed by atoms with Gasteiger partial charge < -0.3 is 11.1 Å². The minimum absolute atomic E-state index is 0.149. The molecule has 8 heteroatoms. The summed E-state index contributed by atoms with van der Waals surface area (Å²) in [6.45, 7) is 1.83. The van der Waals surface area contributed by atoms with Crippen molar-refractivity contribution in [1.82, 2.24) is 9.36 Å². The molecule has 3 N–H and O–H groups in total. The highest BCUT2D eigenvalue weighted by molar-refractivity contribution is 6.11. The molecule has 1 unspecified atom stereocenters. The topological polar surface area (TPSA) is 123 Å². The number of rotatable bonds is 0. The molecule has 3 aromatic rings. The summed E-state index contributed by atoms with van der Waals surface area (Å²) in [6, 6.07) is 13.5. The van der Waals surface area contributed by atoms with Crippen molar-refractivity contribution in [1.29, 1.82) is 5.26 Å². The largest absolute Gasteiger partial charge is 0.383 e. The summed E-state index contributed by atoms with van der Waals surface area (Å²) >= 11 is 0. The van der Waals surface area contributed by atoms with Crippen molar-refractivity contribution < 1.29 is 4.79 Å². The molecule has 1 amide bonds. The van der Waals surface area contributed by atoms with Gasteiger partial charge in [-0.2, -0.15) is 9.94 Å². The number of nitrogens with one attached hydrogen (secondary N) is 1. The van der Waals surface area contributed by atoms with Gasteiger partial charge in [0.05, 0.1) is 10.8 Å². The Kier molecular flexibility index (Phi) is 2.86. The van der Waals surface area contributed by atoms with Gasteiger partial charge in [0.1, 0.15) is 17.5 Å². The first-order valence-corrected chi connectivity index (χ1v) is 8.53.